The zero-order valence-corrected chi connectivity index (χ0v) is 16.3. The molecule has 7 nitrogen and oxygen atoms in total. The Morgan fingerprint density at radius 3 is 1.47 bits per heavy atom. The molecule has 0 unspecified atom stereocenters. The van der Waals surface area contributed by atoms with Crippen LogP contribution in [-0.2, 0) is 0 Å². The van der Waals surface area contributed by atoms with E-state index in [2.05, 4.69) is 15.0 Å². The first-order valence-electron chi connectivity index (χ1n) is 9.20. The Bertz CT molecular complexity index is 1200. The Hall–Kier alpha value is -4.13. The molecule has 0 atom stereocenters. The number of aryl methyl sites for hydroxylation is 2. The van der Waals surface area contributed by atoms with Crippen molar-refractivity contribution in [1.29, 1.82) is 0 Å². The van der Waals surface area contributed by atoms with Gasteiger partial charge in [0.15, 0.2) is 17.5 Å². The zero-order valence-electron chi connectivity index (χ0n) is 16.3. The van der Waals surface area contributed by atoms with Crippen LogP contribution in [0.3, 0.4) is 0 Å². The second-order valence-electron chi connectivity index (χ2n) is 7.03. The molecule has 4 N–H and O–H groups in total. The second-order valence-corrected chi connectivity index (χ2v) is 7.03. The predicted molar refractivity (Wildman–Crippen MR) is 112 cm³/mol. The number of phenols is 4. The molecule has 0 saturated heterocycles. The lowest BCUT2D eigenvalue weighted by Crippen LogP contribution is -2.01. The summed E-state index contributed by atoms with van der Waals surface area (Å²) in [4.78, 5) is 13.5. The van der Waals surface area contributed by atoms with E-state index in [1.54, 1.807) is 0 Å². The molecule has 0 aliphatic carbocycles. The summed E-state index contributed by atoms with van der Waals surface area (Å²) in [7, 11) is 0. The quantitative estimate of drug-likeness (QED) is 0.404. The fourth-order valence-corrected chi connectivity index (χ4v) is 3.13. The number of phenolic OH excluding ortho intramolecular Hbond substituents is 4. The molecular formula is C23H19N3O4. The lowest BCUT2D eigenvalue weighted by atomic mass is 10.0. The number of nitrogens with zero attached hydrogens (tertiary/aromatic N) is 3. The van der Waals surface area contributed by atoms with Crippen molar-refractivity contribution in [1.82, 2.24) is 15.0 Å². The Morgan fingerprint density at radius 2 is 1.00 bits per heavy atom. The van der Waals surface area contributed by atoms with Crippen LogP contribution in [0.25, 0.3) is 34.2 Å². The Morgan fingerprint density at radius 1 is 0.533 bits per heavy atom. The monoisotopic (exact) mass is 401 g/mol. The third-order valence-electron chi connectivity index (χ3n) is 4.71. The molecule has 150 valence electrons. The van der Waals surface area contributed by atoms with E-state index in [0.717, 1.165) is 16.7 Å². The van der Waals surface area contributed by atoms with Crippen molar-refractivity contribution < 1.29 is 20.4 Å². The molecule has 0 aliphatic heterocycles. The van der Waals surface area contributed by atoms with Crippen molar-refractivity contribution in [2.24, 2.45) is 0 Å². The minimum Gasteiger partial charge on any atom is -0.508 e. The summed E-state index contributed by atoms with van der Waals surface area (Å²) in [5.41, 5.74) is 3.38. The summed E-state index contributed by atoms with van der Waals surface area (Å²) in [5, 5.41) is 39.8. The fraction of sp³-hybridized carbons (Fsp3) is 0.0870. The molecule has 1 aromatic heterocycles. The molecule has 3 aromatic carbocycles. The zero-order chi connectivity index (χ0) is 21.4. The van der Waals surface area contributed by atoms with E-state index in [1.165, 1.54) is 36.4 Å². The van der Waals surface area contributed by atoms with Crippen LogP contribution in [0, 0.1) is 13.8 Å². The number of hydrogen-bond donors (Lipinski definition) is 4. The summed E-state index contributed by atoms with van der Waals surface area (Å²) in [6.07, 6.45) is 0. The smallest absolute Gasteiger partial charge is 0.167 e. The third-order valence-corrected chi connectivity index (χ3v) is 4.71. The van der Waals surface area contributed by atoms with Crippen molar-refractivity contribution in [2.75, 3.05) is 0 Å². The van der Waals surface area contributed by atoms with Crippen LogP contribution in [0.5, 0.6) is 23.0 Å². The van der Waals surface area contributed by atoms with Crippen LogP contribution in [0.2, 0.25) is 0 Å². The van der Waals surface area contributed by atoms with Crippen molar-refractivity contribution in [3.05, 3.63) is 65.7 Å². The highest BCUT2D eigenvalue weighted by atomic mass is 16.3. The Kier molecular flexibility index (Phi) is 4.71. The number of hydrogen-bond acceptors (Lipinski definition) is 7. The summed E-state index contributed by atoms with van der Waals surface area (Å²) >= 11 is 0. The predicted octanol–water partition coefficient (Wildman–Crippen LogP) is 4.31. The highest BCUT2D eigenvalue weighted by molar-refractivity contribution is 5.73. The van der Waals surface area contributed by atoms with Crippen LogP contribution in [0.1, 0.15) is 11.1 Å². The molecule has 0 amide bonds. The van der Waals surface area contributed by atoms with Gasteiger partial charge in [0.25, 0.3) is 0 Å². The van der Waals surface area contributed by atoms with Crippen LogP contribution >= 0.6 is 0 Å². The van der Waals surface area contributed by atoms with Crippen molar-refractivity contribution in [2.45, 2.75) is 13.8 Å². The number of benzene rings is 3. The van der Waals surface area contributed by atoms with Gasteiger partial charge in [-0.3, -0.25) is 0 Å². The maximum atomic E-state index is 10.3. The van der Waals surface area contributed by atoms with Gasteiger partial charge in [-0.05, 0) is 49.7 Å². The van der Waals surface area contributed by atoms with E-state index < -0.39 is 0 Å². The molecule has 4 rings (SSSR count). The lowest BCUT2D eigenvalue weighted by Gasteiger charge is -2.12. The molecule has 7 heteroatoms. The van der Waals surface area contributed by atoms with Crippen LogP contribution in [-0.4, -0.2) is 35.4 Å². The fourth-order valence-electron chi connectivity index (χ4n) is 3.13. The average Bonchev–Trinajstić information content (AvgIpc) is 2.69. The van der Waals surface area contributed by atoms with Crippen molar-refractivity contribution in [3.63, 3.8) is 0 Å². The maximum Gasteiger partial charge on any atom is 0.167 e. The number of aromatic hydroxyl groups is 4. The summed E-state index contributed by atoms with van der Waals surface area (Å²) in [6, 6.07) is 14.2. The molecule has 0 spiro atoms. The van der Waals surface area contributed by atoms with Gasteiger partial charge in [-0.25, -0.2) is 15.0 Å². The summed E-state index contributed by atoms with van der Waals surface area (Å²) in [5.74, 6) is 0.189. The van der Waals surface area contributed by atoms with Gasteiger partial charge in [0.05, 0.1) is 11.1 Å². The minimum atomic E-state index is -0.186. The molecule has 0 bridgehead atoms. The van der Waals surface area contributed by atoms with E-state index in [-0.39, 0.29) is 34.6 Å². The van der Waals surface area contributed by atoms with Gasteiger partial charge < -0.3 is 20.4 Å². The van der Waals surface area contributed by atoms with E-state index in [0.29, 0.717) is 17.0 Å². The molecule has 4 aromatic rings. The lowest BCUT2D eigenvalue weighted by molar-refractivity contribution is 0.451. The Balaban J connectivity index is 2.00. The topological polar surface area (TPSA) is 120 Å². The standard InChI is InChI=1S/C23H19N3O4/c1-12-3-4-13(2)18(9-12)23-25-21(16-7-5-14(27)10-19(16)29)24-22(26-23)17-8-6-15(28)11-20(17)30/h3-11,27-30H,1-2H3. The SMILES string of the molecule is Cc1ccc(C)c(-c2nc(-c3ccc(O)cc3O)nc(-c3ccc(O)cc3O)n2)c1. The van der Waals surface area contributed by atoms with Gasteiger partial charge in [0, 0.05) is 17.7 Å². The summed E-state index contributed by atoms with van der Waals surface area (Å²) < 4.78 is 0. The molecule has 0 fully saturated rings. The Labute approximate surface area is 172 Å². The van der Waals surface area contributed by atoms with Gasteiger partial charge in [0.1, 0.15) is 23.0 Å². The molecule has 0 aliphatic rings. The largest absolute Gasteiger partial charge is 0.508 e. The van der Waals surface area contributed by atoms with Crippen molar-refractivity contribution >= 4 is 0 Å². The normalized spacial score (nSPS) is 10.9. The van der Waals surface area contributed by atoms with Crippen molar-refractivity contribution in [3.8, 4) is 57.2 Å². The van der Waals surface area contributed by atoms with Crippen LogP contribution in [0.15, 0.2) is 54.6 Å². The van der Waals surface area contributed by atoms with E-state index >= 15 is 0 Å². The van der Waals surface area contributed by atoms with Crippen LogP contribution in [0.4, 0.5) is 0 Å². The van der Waals surface area contributed by atoms with E-state index in [9.17, 15) is 20.4 Å². The number of rotatable bonds is 3. The van der Waals surface area contributed by atoms with E-state index in [1.807, 2.05) is 32.0 Å². The first-order chi connectivity index (χ1) is 14.3. The first kappa shape index (κ1) is 19.2. The molecule has 0 saturated carbocycles. The second kappa shape index (κ2) is 7.36. The molecule has 1 heterocycles. The van der Waals surface area contributed by atoms with Gasteiger partial charge in [0.2, 0.25) is 0 Å². The minimum absolute atomic E-state index is 0.0866. The van der Waals surface area contributed by atoms with Gasteiger partial charge in [-0.2, -0.15) is 0 Å². The first-order valence-corrected chi connectivity index (χ1v) is 9.20. The average molecular weight is 401 g/mol. The highest BCUT2D eigenvalue weighted by Crippen LogP contribution is 2.35. The van der Waals surface area contributed by atoms with Gasteiger partial charge >= 0.3 is 0 Å². The maximum absolute atomic E-state index is 10.3. The molecule has 0 radical (unpaired) electrons. The van der Waals surface area contributed by atoms with Crippen LogP contribution < -0.4 is 0 Å². The molecular weight excluding hydrogens is 382 g/mol. The van der Waals surface area contributed by atoms with E-state index in [4.69, 9.17) is 0 Å². The van der Waals surface area contributed by atoms with Gasteiger partial charge in [-0.1, -0.05) is 17.7 Å². The van der Waals surface area contributed by atoms with Gasteiger partial charge in [-0.15, -0.1) is 0 Å². The number of aromatic nitrogens is 3. The molecule has 30 heavy (non-hydrogen) atoms. The highest BCUT2D eigenvalue weighted by Gasteiger charge is 2.18. The summed E-state index contributed by atoms with van der Waals surface area (Å²) in [6.45, 7) is 3.90. The third kappa shape index (κ3) is 3.60.